The summed E-state index contributed by atoms with van der Waals surface area (Å²) < 4.78 is 0. The van der Waals surface area contributed by atoms with Crippen molar-refractivity contribution in [1.29, 1.82) is 0 Å². The Morgan fingerprint density at radius 3 is 2.25 bits per heavy atom. The predicted octanol–water partition coefficient (Wildman–Crippen LogP) is 6.10. The van der Waals surface area contributed by atoms with Gasteiger partial charge in [0, 0.05) is 30.0 Å². The van der Waals surface area contributed by atoms with E-state index < -0.39 is 0 Å². The molecule has 24 heavy (non-hydrogen) atoms. The molecule has 0 aliphatic carbocycles. The molecule has 3 nitrogen and oxygen atoms in total. The third-order valence-electron chi connectivity index (χ3n) is 3.40. The summed E-state index contributed by atoms with van der Waals surface area (Å²) in [5.74, 6) is 0.994. The highest BCUT2D eigenvalue weighted by molar-refractivity contribution is 6.30. The van der Waals surface area contributed by atoms with Crippen molar-refractivity contribution in [3.63, 3.8) is 0 Å². The Balaban J connectivity index is 3.16. The second-order valence-corrected chi connectivity index (χ2v) is 6.02. The molecule has 0 amide bonds. The minimum absolute atomic E-state index is 0.739. The first-order valence-corrected chi connectivity index (χ1v) is 9.21. The van der Waals surface area contributed by atoms with Crippen LogP contribution in [-0.2, 0) is 0 Å². The van der Waals surface area contributed by atoms with E-state index in [0.29, 0.717) is 0 Å². The van der Waals surface area contributed by atoms with Gasteiger partial charge in [-0.15, -0.1) is 0 Å². The van der Waals surface area contributed by atoms with Gasteiger partial charge in [-0.05, 0) is 50.5 Å². The van der Waals surface area contributed by atoms with Gasteiger partial charge in [-0.2, -0.15) is 0 Å². The van der Waals surface area contributed by atoms with Gasteiger partial charge in [-0.1, -0.05) is 44.5 Å². The maximum atomic E-state index is 5.99. The molecule has 0 spiro atoms. The molecule has 1 rings (SSSR count). The average Bonchev–Trinajstić information content (AvgIpc) is 2.57. The highest BCUT2D eigenvalue weighted by Gasteiger charge is 2.14. The van der Waals surface area contributed by atoms with Crippen LogP contribution in [0.4, 0.5) is 5.69 Å². The number of halogens is 1. The molecule has 0 aromatic heterocycles. The highest BCUT2D eigenvalue weighted by Crippen LogP contribution is 2.17. The van der Waals surface area contributed by atoms with Crippen LogP contribution in [0.1, 0.15) is 47.0 Å². The van der Waals surface area contributed by atoms with Gasteiger partial charge in [-0.3, -0.25) is 0 Å². The van der Waals surface area contributed by atoms with Gasteiger partial charge >= 0.3 is 0 Å². The van der Waals surface area contributed by atoms with E-state index in [4.69, 9.17) is 16.6 Å². The first kappa shape index (κ1) is 20.3. The molecule has 1 aromatic rings. The van der Waals surface area contributed by atoms with Crippen LogP contribution >= 0.6 is 11.6 Å². The van der Waals surface area contributed by atoms with Crippen molar-refractivity contribution in [3.05, 3.63) is 53.3 Å². The summed E-state index contributed by atoms with van der Waals surface area (Å²) in [4.78, 5) is 7.07. The molecular weight excluding hydrogens is 318 g/mol. The molecule has 1 aromatic carbocycles. The molecule has 0 saturated heterocycles. The first-order chi connectivity index (χ1) is 11.7. The molecule has 0 aliphatic heterocycles. The van der Waals surface area contributed by atoms with E-state index in [9.17, 15) is 0 Å². The van der Waals surface area contributed by atoms with E-state index >= 15 is 0 Å². The third kappa shape index (κ3) is 6.79. The molecule has 4 heteroatoms. The minimum Gasteiger partial charge on any atom is -0.355 e. The van der Waals surface area contributed by atoms with Crippen LogP contribution in [0.15, 0.2) is 53.3 Å². The number of hydrogen-bond acceptors (Lipinski definition) is 2. The van der Waals surface area contributed by atoms with Crippen molar-refractivity contribution < 1.29 is 0 Å². The summed E-state index contributed by atoms with van der Waals surface area (Å²) in [6.07, 6.45) is 9.14. The molecule has 0 heterocycles. The van der Waals surface area contributed by atoms with Gasteiger partial charge < -0.3 is 10.2 Å². The monoisotopic (exact) mass is 347 g/mol. The summed E-state index contributed by atoms with van der Waals surface area (Å²) in [7, 11) is 0. The lowest BCUT2D eigenvalue weighted by atomic mass is 10.2. The predicted molar refractivity (Wildman–Crippen MR) is 108 cm³/mol. The molecule has 0 unspecified atom stereocenters. The van der Waals surface area contributed by atoms with Crippen molar-refractivity contribution in [1.82, 2.24) is 4.90 Å². The fourth-order valence-corrected chi connectivity index (χ4v) is 2.55. The van der Waals surface area contributed by atoms with E-state index in [-0.39, 0.29) is 0 Å². The van der Waals surface area contributed by atoms with E-state index in [2.05, 4.69) is 37.1 Å². The number of aliphatic imine (C=N–C) groups is 1. The molecule has 132 valence electrons. The second-order valence-electron chi connectivity index (χ2n) is 5.58. The zero-order valence-electron chi connectivity index (χ0n) is 15.3. The number of allylic oxidation sites excluding steroid dienone is 2. The Bertz CT molecular complexity index is 553. The highest BCUT2D eigenvalue weighted by atomic mass is 35.5. The van der Waals surface area contributed by atoms with E-state index in [1.165, 1.54) is 0 Å². The Morgan fingerprint density at radius 1 is 1.12 bits per heavy atom. The number of amidine groups is 1. The lowest BCUT2D eigenvalue weighted by Crippen LogP contribution is -2.35. The summed E-state index contributed by atoms with van der Waals surface area (Å²) >= 11 is 5.99. The SMILES string of the molecule is C\C=C/N=C(\C(=C\CC)Nc1ccc(Cl)cc1)N(CCC)CCC. The first-order valence-electron chi connectivity index (χ1n) is 8.83. The third-order valence-corrected chi connectivity index (χ3v) is 3.66. The largest absolute Gasteiger partial charge is 0.355 e. The van der Waals surface area contributed by atoms with Gasteiger partial charge in [0.25, 0.3) is 0 Å². The molecule has 0 fully saturated rings. The van der Waals surface area contributed by atoms with Crippen molar-refractivity contribution >= 4 is 23.1 Å². The Hall–Kier alpha value is -1.74. The van der Waals surface area contributed by atoms with E-state index in [0.717, 1.165) is 54.6 Å². The van der Waals surface area contributed by atoms with Crippen molar-refractivity contribution in [3.8, 4) is 0 Å². The lowest BCUT2D eigenvalue weighted by Gasteiger charge is -2.27. The van der Waals surface area contributed by atoms with Crippen LogP contribution in [0.25, 0.3) is 0 Å². The zero-order valence-corrected chi connectivity index (χ0v) is 16.1. The number of nitrogens with one attached hydrogen (secondary N) is 1. The summed E-state index contributed by atoms with van der Waals surface area (Å²) in [5.41, 5.74) is 2.06. The number of hydrogen-bond donors (Lipinski definition) is 1. The van der Waals surface area contributed by atoms with Gasteiger partial charge in [0.15, 0.2) is 5.84 Å². The molecule has 0 saturated carbocycles. The van der Waals surface area contributed by atoms with Crippen molar-refractivity contribution in [2.45, 2.75) is 47.0 Å². The van der Waals surface area contributed by atoms with Crippen LogP contribution in [0.2, 0.25) is 5.02 Å². The topological polar surface area (TPSA) is 27.6 Å². The summed E-state index contributed by atoms with van der Waals surface area (Å²) in [6, 6.07) is 7.77. The normalized spacial score (nSPS) is 12.7. The van der Waals surface area contributed by atoms with Gasteiger partial charge in [0.05, 0.1) is 5.70 Å². The Morgan fingerprint density at radius 2 is 1.75 bits per heavy atom. The number of rotatable bonds is 9. The molecule has 0 radical (unpaired) electrons. The van der Waals surface area contributed by atoms with E-state index in [1.807, 2.05) is 43.5 Å². The Kier molecular flexibility index (Phi) is 9.94. The second kappa shape index (κ2) is 11.7. The molecule has 1 N–H and O–H groups in total. The minimum atomic E-state index is 0.739. The van der Waals surface area contributed by atoms with Crippen LogP contribution in [-0.4, -0.2) is 23.8 Å². The maximum absolute atomic E-state index is 5.99. The summed E-state index contributed by atoms with van der Waals surface area (Å²) in [5, 5.41) is 4.25. The van der Waals surface area contributed by atoms with Crippen molar-refractivity contribution in [2.24, 2.45) is 4.99 Å². The average molecular weight is 348 g/mol. The molecule has 0 bridgehead atoms. The maximum Gasteiger partial charge on any atom is 0.151 e. The molecule has 0 aliphatic rings. The Labute approximate surface area is 152 Å². The summed E-state index contributed by atoms with van der Waals surface area (Å²) in [6.45, 7) is 10.5. The smallest absolute Gasteiger partial charge is 0.151 e. The number of anilines is 1. The van der Waals surface area contributed by atoms with Crippen LogP contribution in [0.3, 0.4) is 0 Å². The van der Waals surface area contributed by atoms with E-state index in [1.54, 1.807) is 0 Å². The zero-order chi connectivity index (χ0) is 17.8. The lowest BCUT2D eigenvalue weighted by molar-refractivity contribution is 0.417. The van der Waals surface area contributed by atoms with Gasteiger partial charge in [-0.25, -0.2) is 4.99 Å². The molecule has 0 atom stereocenters. The number of nitrogens with zero attached hydrogens (tertiary/aromatic N) is 2. The number of benzene rings is 1. The van der Waals surface area contributed by atoms with Gasteiger partial charge in [0.1, 0.15) is 0 Å². The quantitative estimate of drug-likeness (QED) is 0.431. The molecular formula is C20H30ClN3. The van der Waals surface area contributed by atoms with Crippen LogP contribution in [0, 0.1) is 0 Å². The van der Waals surface area contributed by atoms with Crippen LogP contribution < -0.4 is 5.32 Å². The van der Waals surface area contributed by atoms with Crippen molar-refractivity contribution in [2.75, 3.05) is 18.4 Å². The van der Waals surface area contributed by atoms with Gasteiger partial charge in [0.2, 0.25) is 0 Å². The fraction of sp³-hybridized carbons (Fsp3) is 0.450. The fourth-order valence-electron chi connectivity index (χ4n) is 2.42. The van der Waals surface area contributed by atoms with Crippen LogP contribution in [0.5, 0.6) is 0 Å². The standard InChI is InChI=1S/C20H30ClN3/c1-5-9-19(23-18-12-10-17(21)11-13-18)20(22-14-6-2)24(15-7-3)16-8-4/h6,9-14,23H,5,7-8,15-16H2,1-4H3/b14-6-,19-9-,22-20+.